The second-order valence-corrected chi connectivity index (χ2v) is 9.05. The van der Waals surface area contributed by atoms with Gasteiger partial charge in [-0.25, -0.2) is 9.99 Å². The number of nitrogens with one attached hydrogen (secondary N) is 2. The maximum Gasteiger partial charge on any atom is 0.238 e. The van der Waals surface area contributed by atoms with Gasteiger partial charge in [-0.15, -0.1) is 0 Å². The first-order valence-corrected chi connectivity index (χ1v) is 9.37. The monoisotopic (exact) mass is 394 g/mol. The van der Waals surface area contributed by atoms with Crippen LogP contribution in [-0.2, 0) is 11.2 Å². The van der Waals surface area contributed by atoms with E-state index in [1.807, 2.05) is 17.1 Å². The van der Waals surface area contributed by atoms with Crippen LogP contribution in [0.15, 0.2) is 24.3 Å². The summed E-state index contributed by atoms with van der Waals surface area (Å²) in [4.78, 5) is 17.0. The fourth-order valence-corrected chi connectivity index (χ4v) is 4.25. The lowest BCUT2D eigenvalue weighted by atomic mass is 9.92. The largest absolute Gasteiger partial charge is 0.304 e. The zero-order chi connectivity index (χ0) is 19.1. The standard InChI is InChI=1S/C19H24Cl2N4O/c1-18(2)10-25(11-19(3,4)24-18)23-17(26)8-12-7-16(21)22-15-6-5-13(20)9-14(12)15/h5-7,9,24H,8,10-11H2,1-4H3,(H,23,26). The first-order chi connectivity index (χ1) is 12.0. The normalized spacial score (nSPS) is 19.5. The van der Waals surface area contributed by atoms with Crippen molar-refractivity contribution in [2.24, 2.45) is 0 Å². The van der Waals surface area contributed by atoms with Crippen LogP contribution in [0.3, 0.4) is 0 Å². The molecule has 2 heterocycles. The average molecular weight is 395 g/mol. The van der Waals surface area contributed by atoms with Crippen LogP contribution < -0.4 is 10.7 Å². The molecular weight excluding hydrogens is 371 g/mol. The van der Waals surface area contributed by atoms with Crippen LogP contribution in [0.2, 0.25) is 10.2 Å². The summed E-state index contributed by atoms with van der Waals surface area (Å²) in [6, 6.07) is 7.12. The van der Waals surface area contributed by atoms with E-state index in [4.69, 9.17) is 23.2 Å². The van der Waals surface area contributed by atoms with Crippen molar-refractivity contribution < 1.29 is 4.79 Å². The van der Waals surface area contributed by atoms with Crippen LogP contribution in [0.1, 0.15) is 33.3 Å². The number of carbonyl (C=O) groups excluding carboxylic acids is 1. The summed E-state index contributed by atoms with van der Waals surface area (Å²) in [6.45, 7) is 9.98. The number of hydrazine groups is 1. The van der Waals surface area contributed by atoms with Gasteiger partial charge < -0.3 is 5.32 Å². The van der Waals surface area contributed by atoms with Gasteiger partial charge in [0.25, 0.3) is 0 Å². The molecule has 0 aliphatic carbocycles. The maximum absolute atomic E-state index is 12.7. The van der Waals surface area contributed by atoms with Crippen molar-refractivity contribution in [1.29, 1.82) is 0 Å². The number of pyridine rings is 1. The molecule has 5 nitrogen and oxygen atoms in total. The Balaban J connectivity index is 1.78. The van der Waals surface area contributed by atoms with Crippen LogP contribution in [0.5, 0.6) is 0 Å². The highest BCUT2D eigenvalue weighted by atomic mass is 35.5. The molecule has 140 valence electrons. The quantitative estimate of drug-likeness (QED) is 0.781. The summed E-state index contributed by atoms with van der Waals surface area (Å²) < 4.78 is 0. The lowest BCUT2D eigenvalue weighted by Gasteiger charge is -2.48. The number of amides is 1. The van der Waals surface area contributed by atoms with E-state index < -0.39 is 0 Å². The van der Waals surface area contributed by atoms with E-state index in [9.17, 15) is 4.79 Å². The second kappa shape index (κ2) is 6.97. The fraction of sp³-hybridized carbons (Fsp3) is 0.474. The van der Waals surface area contributed by atoms with Gasteiger partial charge in [0, 0.05) is 34.6 Å². The molecule has 1 amide bonds. The number of carbonyl (C=O) groups is 1. The first-order valence-electron chi connectivity index (χ1n) is 8.61. The molecule has 26 heavy (non-hydrogen) atoms. The summed E-state index contributed by atoms with van der Waals surface area (Å²) in [5.41, 5.74) is 4.40. The number of fused-ring (bicyclic) bond motifs is 1. The minimum atomic E-state index is -0.0881. The van der Waals surface area contributed by atoms with Crippen LogP contribution in [0.4, 0.5) is 0 Å². The van der Waals surface area contributed by atoms with Gasteiger partial charge in [0.1, 0.15) is 5.15 Å². The van der Waals surface area contributed by atoms with E-state index in [0.717, 1.165) is 29.6 Å². The zero-order valence-corrected chi connectivity index (χ0v) is 17.0. The Morgan fingerprint density at radius 2 is 1.85 bits per heavy atom. The fourth-order valence-electron chi connectivity index (χ4n) is 3.85. The van der Waals surface area contributed by atoms with E-state index in [1.165, 1.54) is 0 Å². The predicted octanol–water partition coefficient (Wildman–Crippen LogP) is 3.58. The van der Waals surface area contributed by atoms with Gasteiger partial charge in [-0.2, -0.15) is 0 Å². The van der Waals surface area contributed by atoms with E-state index in [-0.39, 0.29) is 23.4 Å². The molecule has 1 saturated heterocycles. The Kier molecular flexibility index (Phi) is 5.19. The number of benzene rings is 1. The molecule has 1 aromatic heterocycles. The molecule has 1 aromatic carbocycles. The van der Waals surface area contributed by atoms with E-state index in [0.29, 0.717) is 10.2 Å². The predicted molar refractivity (Wildman–Crippen MR) is 106 cm³/mol. The zero-order valence-electron chi connectivity index (χ0n) is 15.5. The summed E-state index contributed by atoms with van der Waals surface area (Å²) >= 11 is 12.2. The third-order valence-corrected chi connectivity index (χ3v) is 4.74. The highest BCUT2D eigenvalue weighted by Crippen LogP contribution is 2.25. The SMILES string of the molecule is CC1(C)CN(NC(=O)Cc2cc(Cl)nc3ccc(Cl)cc23)CC(C)(C)N1. The second-order valence-electron chi connectivity index (χ2n) is 8.23. The molecule has 0 spiro atoms. The maximum atomic E-state index is 12.7. The number of aromatic nitrogens is 1. The van der Waals surface area contributed by atoms with Crippen molar-refractivity contribution >= 4 is 40.0 Å². The van der Waals surface area contributed by atoms with Crippen molar-refractivity contribution in [1.82, 2.24) is 20.7 Å². The Morgan fingerprint density at radius 1 is 1.19 bits per heavy atom. The van der Waals surface area contributed by atoms with Gasteiger partial charge >= 0.3 is 0 Å². The molecule has 0 saturated carbocycles. The van der Waals surface area contributed by atoms with Crippen molar-refractivity contribution in [3.63, 3.8) is 0 Å². The molecule has 0 bridgehead atoms. The van der Waals surface area contributed by atoms with Crippen LogP contribution in [-0.4, -0.2) is 40.1 Å². The van der Waals surface area contributed by atoms with Crippen molar-refractivity contribution in [3.8, 4) is 0 Å². The number of piperazine rings is 1. The highest BCUT2D eigenvalue weighted by Gasteiger charge is 2.37. The third kappa shape index (κ3) is 4.65. The third-order valence-electron chi connectivity index (χ3n) is 4.31. The first kappa shape index (κ1) is 19.4. The Morgan fingerprint density at radius 3 is 2.50 bits per heavy atom. The molecule has 1 aliphatic heterocycles. The number of hydrogen-bond donors (Lipinski definition) is 2. The Hall–Kier alpha value is -1.40. The average Bonchev–Trinajstić information content (AvgIpc) is 2.44. The molecule has 0 radical (unpaired) electrons. The smallest absolute Gasteiger partial charge is 0.238 e. The number of rotatable bonds is 3. The van der Waals surface area contributed by atoms with Crippen LogP contribution >= 0.6 is 23.2 Å². The summed E-state index contributed by atoms with van der Waals surface area (Å²) in [7, 11) is 0. The molecule has 2 aromatic rings. The molecular formula is C19H24Cl2N4O. The van der Waals surface area contributed by atoms with Gasteiger partial charge in [-0.05, 0) is 57.5 Å². The molecule has 0 unspecified atom stereocenters. The highest BCUT2D eigenvalue weighted by molar-refractivity contribution is 6.32. The van der Waals surface area contributed by atoms with Gasteiger partial charge in [0.05, 0.1) is 11.9 Å². The van der Waals surface area contributed by atoms with Crippen LogP contribution in [0.25, 0.3) is 10.9 Å². The Labute approximate surface area is 164 Å². The number of nitrogens with zero attached hydrogens (tertiary/aromatic N) is 2. The van der Waals surface area contributed by atoms with Gasteiger partial charge in [-0.3, -0.25) is 10.2 Å². The van der Waals surface area contributed by atoms with Crippen molar-refractivity contribution in [2.75, 3.05) is 13.1 Å². The van der Waals surface area contributed by atoms with Gasteiger partial charge in [-0.1, -0.05) is 23.2 Å². The van der Waals surface area contributed by atoms with Crippen LogP contribution in [0, 0.1) is 0 Å². The Bertz CT molecular complexity index is 835. The summed E-state index contributed by atoms with van der Waals surface area (Å²) in [5, 5.41) is 7.39. The molecule has 1 fully saturated rings. The van der Waals surface area contributed by atoms with E-state index in [1.54, 1.807) is 12.1 Å². The van der Waals surface area contributed by atoms with Crippen molar-refractivity contribution in [3.05, 3.63) is 40.0 Å². The molecule has 2 N–H and O–H groups in total. The van der Waals surface area contributed by atoms with Gasteiger partial charge in [0.2, 0.25) is 5.91 Å². The lowest BCUT2D eigenvalue weighted by Crippen LogP contribution is -2.69. The topological polar surface area (TPSA) is 57.3 Å². The summed E-state index contributed by atoms with van der Waals surface area (Å²) in [5.74, 6) is -0.0814. The minimum absolute atomic E-state index is 0.0814. The van der Waals surface area contributed by atoms with E-state index >= 15 is 0 Å². The molecule has 1 aliphatic rings. The van der Waals surface area contributed by atoms with Gasteiger partial charge in [0.15, 0.2) is 0 Å². The molecule has 3 rings (SSSR count). The summed E-state index contributed by atoms with van der Waals surface area (Å²) in [6.07, 6.45) is 0.212. The molecule has 0 atom stereocenters. The van der Waals surface area contributed by atoms with E-state index in [2.05, 4.69) is 43.4 Å². The molecule has 7 heteroatoms. The lowest BCUT2D eigenvalue weighted by molar-refractivity contribution is -0.127. The van der Waals surface area contributed by atoms with Crippen molar-refractivity contribution in [2.45, 2.75) is 45.2 Å². The minimum Gasteiger partial charge on any atom is -0.304 e. The number of halogens is 2. The number of hydrogen-bond acceptors (Lipinski definition) is 4.